The Hall–Kier alpha value is -2.31. The molecule has 7 heteroatoms. The zero-order chi connectivity index (χ0) is 15.9. The highest BCUT2D eigenvalue weighted by Crippen LogP contribution is 2.19. The summed E-state index contributed by atoms with van der Waals surface area (Å²) in [5.41, 5.74) is 4.95. The predicted molar refractivity (Wildman–Crippen MR) is 78.8 cm³/mol. The lowest BCUT2D eigenvalue weighted by molar-refractivity contribution is -0.132. The van der Waals surface area contributed by atoms with Crippen LogP contribution in [0.4, 0.5) is 9.18 Å². The fourth-order valence-electron chi connectivity index (χ4n) is 2.47. The smallest absolute Gasteiger partial charge is 0.312 e. The number of hydrogen-bond acceptors (Lipinski definition) is 3. The first kappa shape index (κ1) is 16.1. The number of nitrogens with one attached hydrogen (secondary N) is 1. The SMILES string of the molecule is NC(=O)NCC(=O)N1CCC[C@H](COc2cccc(F)c2)C1. The molecule has 0 aliphatic carbocycles. The normalized spacial score (nSPS) is 17.9. The van der Waals surface area contributed by atoms with E-state index in [1.54, 1.807) is 17.0 Å². The van der Waals surface area contributed by atoms with Gasteiger partial charge < -0.3 is 20.7 Å². The van der Waals surface area contributed by atoms with Crippen molar-refractivity contribution in [1.29, 1.82) is 0 Å². The molecule has 6 nitrogen and oxygen atoms in total. The predicted octanol–water partition coefficient (Wildman–Crippen LogP) is 1.11. The van der Waals surface area contributed by atoms with Crippen molar-refractivity contribution >= 4 is 11.9 Å². The number of hydrogen-bond donors (Lipinski definition) is 2. The molecule has 0 aromatic heterocycles. The van der Waals surface area contributed by atoms with E-state index in [1.807, 2.05) is 0 Å². The minimum absolute atomic E-state index is 0.0905. The number of nitrogens with two attached hydrogens (primary N) is 1. The number of primary amides is 1. The van der Waals surface area contributed by atoms with Crippen LogP contribution in [0.5, 0.6) is 5.75 Å². The van der Waals surface area contributed by atoms with Gasteiger partial charge in [-0.2, -0.15) is 0 Å². The van der Waals surface area contributed by atoms with Crippen molar-refractivity contribution in [3.8, 4) is 5.75 Å². The van der Waals surface area contributed by atoms with Gasteiger partial charge in [-0.3, -0.25) is 4.79 Å². The number of rotatable bonds is 5. The topological polar surface area (TPSA) is 84.7 Å². The number of urea groups is 1. The first-order valence-corrected chi connectivity index (χ1v) is 7.24. The second-order valence-electron chi connectivity index (χ2n) is 5.33. The number of carbonyl (C=O) groups is 2. The molecule has 3 N–H and O–H groups in total. The van der Waals surface area contributed by atoms with Crippen LogP contribution in [0, 0.1) is 11.7 Å². The maximum absolute atomic E-state index is 13.1. The highest BCUT2D eigenvalue weighted by atomic mass is 19.1. The molecule has 0 saturated carbocycles. The monoisotopic (exact) mass is 309 g/mol. The summed E-state index contributed by atoms with van der Waals surface area (Å²) in [4.78, 5) is 24.3. The molecule has 0 bridgehead atoms. The van der Waals surface area contributed by atoms with Gasteiger partial charge in [0.1, 0.15) is 11.6 Å². The lowest BCUT2D eigenvalue weighted by Gasteiger charge is -2.32. The molecule has 1 atom stereocenters. The summed E-state index contributed by atoms with van der Waals surface area (Å²) in [5, 5.41) is 2.30. The van der Waals surface area contributed by atoms with E-state index in [0.29, 0.717) is 25.4 Å². The summed E-state index contributed by atoms with van der Waals surface area (Å²) in [5.74, 6) is 0.179. The molecule has 2 rings (SSSR count). The zero-order valence-corrected chi connectivity index (χ0v) is 12.3. The maximum atomic E-state index is 13.1. The molecule has 0 radical (unpaired) electrons. The molecule has 1 saturated heterocycles. The van der Waals surface area contributed by atoms with Crippen LogP contribution >= 0.6 is 0 Å². The molecule has 1 fully saturated rings. The number of nitrogens with zero attached hydrogens (tertiary/aromatic N) is 1. The molecule has 1 aliphatic rings. The molecule has 22 heavy (non-hydrogen) atoms. The molecule has 0 spiro atoms. The molecule has 1 aromatic rings. The average Bonchev–Trinajstić information content (AvgIpc) is 2.51. The lowest BCUT2D eigenvalue weighted by atomic mass is 9.99. The van der Waals surface area contributed by atoms with Gasteiger partial charge in [0.05, 0.1) is 13.2 Å². The van der Waals surface area contributed by atoms with Gasteiger partial charge in [-0.05, 0) is 25.0 Å². The summed E-state index contributed by atoms with van der Waals surface area (Å²) in [6.45, 7) is 1.56. The van der Waals surface area contributed by atoms with Crippen LogP contribution in [0.15, 0.2) is 24.3 Å². The molecule has 0 unspecified atom stereocenters. The second-order valence-corrected chi connectivity index (χ2v) is 5.33. The van der Waals surface area contributed by atoms with Gasteiger partial charge in [-0.25, -0.2) is 9.18 Å². The molecule has 3 amide bonds. The van der Waals surface area contributed by atoms with Crippen LogP contribution in [-0.4, -0.2) is 43.1 Å². The molecule has 120 valence electrons. The van der Waals surface area contributed by atoms with Crippen LogP contribution in [0.3, 0.4) is 0 Å². The van der Waals surface area contributed by atoms with E-state index in [0.717, 1.165) is 12.8 Å². The summed E-state index contributed by atoms with van der Waals surface area (Å²) in [6, 6.07) is 5.28. The Morgan fingerprint density at radius 3 is 3.00 bits per heavy atom. The van der Waals surface area contributed by atoms with E-state index >= 15 is 0 Å². The highest BCUT2D eigenvalue weighted by Gasteiger charge is 2.24. The molecule has 1 heterocycles. The van der Waals surface area contributed by atoms with E-state index < -0.39 is 6.03 Å². The van der Waals surface area contributed by atoms with Crippen LogP contribution in [-0.2, 0) is 4.79 Å². The number of piperidine rings is 1. The molecule has 1 aliphatic heterocycles. The summed E-state index contributed by atoms with van der Waals surface area (Å²) in [6.07, 6.45) is 1.82. The van der Waals surface area contributed by atoms with Crippen molar-refractivity contribution in [3.05, 3.63) is 30.1 Å². The van der Waals surface area contributed by atoms with Crippen LogP contribution in [0.2, 0.25) is 0 Å². The van der Waals surface area contributed by atoms with Crippen molar-refractivity contribution in [2.24, 2.45) is 11.7 Å². The first-order chi connectivity index (χ1) is 10.5. The van der Waals surface area contributed by atoms with Crippen molar-refractivity contribution in [2.45, 2.75) is 12.8 Å². The Kier molecular flexibility index (Phi) is 5.57. The minimum atomic E-state index is -0.712. The van der Waals surface area contributed by atoms with Crippen molar-refractivity contribution in [2.75, 3.05) is 26.2 Å². The Balaban J connectivity index is 1.80. The minimum Gasteiger partial charge on any atom is -0.493 e. The number of benzene rings is 1. The molecular formula is C15H20FN3O3. The van der Waals surface area contributed by atoms with E-state index in [2.05, 4.69) is 5.32 Å². The standard InChI is InChI=1S/C15H20FN3O3/c16-12-4-1-5-13(7-12)22-10-11-3-2-6-19(9-11)14(20)8-18-15(17)21/h1,4-5,7,11H,2-3,6,8-10H2,(H3,17,18,21)/t11-/m0/s1. The quantitative estimate of drug-likeness (QED) is 0.854. The number of carbonyl (C=O) groups excluding carboxylic acids is 2. The second kappa shape index (κ2) is 7.63. The van der Waals surface area contributed by atoms with Crippen molar-refractivity contribution in [3.63, 3.8) is 0 Å². The van der Waals surface area contributed by atoms with E-state index in [9.17, 15) is 14.0 Å². The van der Waals surface area contributed by atoms with Gasteiger partial charge in [0.2, 0.25) is 5.91 Å². The average molecular weight is 309 g/mol. The van der Waals surface area contributed by atoms with Gasteiger partial charge >= 0.3 is 6.03 Å². The Morgan fingerprint density at radius 2 is 2.27 bits per heavy atom. The van der Waals surface area contributed by atoms with Gasteiger partial charge in [-0.1, -0.05) is 6.07 Å². The number of ether oxygens (including phenoxy) is 1. The number of halogens is 1. The van der Waals surface area contributed by atoms with Gasteiger partial charge in [0, 0.05) is 25.1 Å². The highest BCUT2D eigenvalue weighted by molar-refractivity contribution is 5.83. The molecular weight excluding hydrogens is 289 g/mol. The van der Waals surface area contributed by atoms with Gasteiger partial charge in [0.15, 0.2) is 0 Å². The lowest BCUT2D eigenvalue weighted by Crippen LogP contribution is -2.46. The maximum Gasteiger partial charge on any atom is 0.312 e. The van der Waals surface area contributed by atoms with E-state index in [4.69, 9.17) is 10.5 Å². The summed E-state index contributed by atoms with van der Waals surface area (Å²) in [7, 11) is 0. The van der Waals surface area contributed by atoms with Crippen LogP contribution < -0.4 is 15.8 Å². The third-order valence-electron chi connectivity index (χ3n) is 3.57. The van der Waals surface area contributed by atoms with Crippen LogP contribution in [0.1, 0.15) is 12.8 Å². The van der Waals surface area contributed by atoms with E-state index in [-0.39, 0.29) is 24.2 Å². The fourth-order valence-corrected chi connectivity index (χ4v) is 2.47. The summed E-state index contributed by atoms with van der Waals surface area (Å²) >= 11 is 0. The first-order valence-electron chi connectivity index (χ1n) is 7.24. The fraction of sp³-hybridized carbons (Fsp3) is 0.467. The zero-order valence-electron chi connectivity index (χ0n) is 12.3. The number of amides is 3. The third kappa shape index (κ3) is 4.91. The molecule has 1 aromatic carbocycles. The third-order valence-corrected chi connectivity index (χ3v) is 3.57. The largest absolute Gasteiger partial charge is 0.493 e. The van der Waals surface area contributed by atoms with Gasteiger partial charge in [0.25, 0.3) is 0 Å². The Morgan fingerprint density at radius 1 is 1.45 bits per heavy atom. The number of likely N-dealkylation sites (tertiary alicyclic amines) is 1. The van der Waals surface area contributed by atoms with Crippen molar-refractivity contribution < 1.29 is 18.7 Å². The van der Waals surface area contributed by atoms with E-state index in [1.165, 1.54) is 12.1 Å². The van der Waals surface area contributed by atoms with Gasteiger partial charge in [-0.15, -0.1) is 0 Å². The van der Waals surface area contributed by atoms with Crippen LogP contribution in [0.25, 0.3) is 0 Å². The Labute approximate surface area is 128 Å². The Bertz CT molecular complexity index is 539. The van der Waals surface area contributed by atoms with Crippen molar-refractivity contribution in [1.82, 2.24) is 10.2 Å². The summed E-state index contributed by atoms with van der Waals surface area (Å²) < 4.78 is 18.7.